The van der Waals surface area contributed by atoms with Crippen LogP contribution < -0.4 is 0 Å². The van der Waals surface area contributed by atoms with E-state index in [0.717, 1.165) is 10.2 Å². The first-order chi connectivity index (χ1) is 8.69. The Kier molecular flexibility index (Phi) is 3.75. The fraction of sp³-hybridized carbons (Fsp3) is 0. The van der Waals surface area contributed by atoms with Crippen LogP contribution in [-0.4, -0.2) is 11.3 Å². The summed E-state index contributed by atoms with van der Waals surface area (Å²) in [5.41, 5.74) is 1.97. The summed E-state index contributed by atoms with van der Waals surface area (Å²) in [5.74, 6) is 0.168. The third-order valence-electron chi connectivity index (χ3n) is 2.34. The van der Waals surface area contributed by atoms with E-state index in [4.69, 9.17) is 5.26 Å². The highest BCUT2D eigenvalue weighted by Gasteiger charge is 1.98. The summed E-state index contributed by atoms with van der Waals surface area (Å²) in [6, 6.07) is 14.2. The Morgan fingerprint density at radius 1 is 1.17 bits per heavy atom. The molecule has 0 saturated heterocycles. The summed E-state index contributed by atoms with van der Waals surface area (Å²) >= 11 is 3.27. The first-order valence-corrected chi connectivity index (χ1v) is 6.01. The first kappa shape index (κ1) is 12.3. The van der Waals surface area contributed by atoms with E-state index in [-0.39, 0.29) is 5.75 Å². The molecule has 2 rings (SSSR count). The largest absolute Gasteiger partial charge is 0.507 e. The van der Waals surface area contributed by atoms with Gasteiger partial charge in [0.25, 0.3) is 0 Å². The lowest BCUT2D eigenvalue weighted by Gasteiger charge is -1.99. The lowest BCUT2D eigenvalue weighted by atomic mass is 10.2. The summed E-state index contributed by atoms with van der Waals surface area (Å²) in [7, 11) is 0. The van der Waals surface area contributed by atoms with Crippen molar-refractivity contribution >= 4 is 27.8 Å². The molecule has 88 valence electrons. The number of halogens is 1. The van der Waals surface area contributed by atoms with E-state index < -0.39 is 0 Å². The number of hydrogen-bond acceptors (Lipinski definition) is 3. The topological polar surface area (TPSA) is 56.4 Å². The summed E-state index contributed by atoms with van der Waals surface area (Å²) in [4.78, 5) is 4.23. The van der Waals surface area contributed by atoms with E-state index in [2.05, 4.69) is 20.9 Å². The van der Waals surface area contributed by atoms with Crippen molar-refractivity contribution in [3.05, 3.63) is 58.1 Å². The predicted octanol–water partition coefficient (Wildman–Crippen LogP) is 3.78. The number of hydrogen-bond donors (Lipinski definition) is 1. The standard InChI is InChI=1S/C14H9BrN2O/c15-12-4-3-11(14(18)7-12)9-17-13-5-1-10(8-16)2-6-13/h1-7,9,18H/b17-9+. The number of phenolic OH excluding ortho intramolecular Hbond substituents is 1. The quantitative estimate of drug-likeness (QED) is 0.858. The van der Waals surface area contributed by atoms with Gasteiger partial charge in [-0.3, -0.25) is 4.99 Å². The molecule has 0 saturated carbocycles. The van der Waals surface area contributed by atoms with Gasteiger partial charge in [-0.25, -0.2) is 0 Å². The lowest BCUT2D eigenvalue weighted by molar-refractivity contribution is 0.474. The molecule has 0 aliphatic carbocycles. The Morgan fingerprint density at radius 2 is 1.89 bits per heavy atom. The van der Waals surface area contributed by atoms with Gasteiger partial charge < -0.3 is 5.11 Å². The van der Waals surface area contributed by atoms with Gasteiger partial charge in [-0.1, -0.05) is 15.9 Å². The van der Waals surface area contributed by atoms with Gasteiger partial charge in [0.2, 0.25) is 0 Å². The van der Waals surface area contributed by atoms with E-state index in [0.29, 0.717) is 11.1 Å². The average Bonchev–Trinajstić information content (AvgIpc) is 2.38. The smallest absolute Gasteiger partial charge is 0.125 e. The molecule has 0 unspecified atom stereocenters. The molecule has 0 aromatic heterocycles. The summed E-state index contributed by atoms with van der Waals surface area (Å²) in [6.45, 7) is 0. The van der Waals surface area contributed by atoms with Crippen molar-refractivity contribution in [2.45, 2.75) is 0 Å². The second-order valence-electron chi connectivity index (χ2n) is 3.62. The Hall–Kier alpha value is -2.12. The lowest BCUT2D eigenvalue weighted by Crippen LogP contribution is -1.82. The predicted molar refractivity (Wildman–Crippen MR) is 74.2 cm³/mol. The van der Waals surface area contributed by atoms with Crippen LogP contribution in [0.3, 0.4) is 0 Å². The van der Waals surface area contributed by atoms with Crippen molar-refractivity contribution in [2.24, 2.45) is 4.99 Å². The highest BCUT2D eigenvalue weighted by Crippen LogP contribution is 2.21. The minimum atomic E-state index is 0.168. The van der Waals surface area contributed by atoms with Crippen LogP contribution >= 0.6 is 15.9 Å². The van der Waals surface area contributed by atoms with Crippen LogP contribution in [0, 0.1) is 11.3 Å². The van der Waals surface area contributed by atoms with E-state index >= 15 is 0 Å². The summed E-state index contributed by atoms with van der Waals surface area (Å²) in [6.07, 6.45) is 1.59. The number of benzene rings is 2. The third-order valence-corrected chi connectivity index (χ3v) is 2.83. The van der Waals surface area contributed by atoms with E-state index in [1.807, 2.05) is 12.1 Å². The zero-order valence-corrected chi connectivity index (χ0v) is 10.9. The van der Waals surface area contributed by atoms with Crippen molar-refractivity contribution in [3.63, 3.8) is 0 Å². The fourth-order valence-electron chi connectivity index (χ4n) is 1.39. The molecule has 0 heterocycles. The van der Waals surface area contributed by atoms with Crippen molar-refractivity contribution in [3.8, 4) is 11.8 Å². The Labute approximate surface area is 113 Å². The minimum Gasteiger partial charge on any atom is -0.507 e. The molecule has 3 nitrogen and oxygen atoms in total. The summed E-state index contributed by atoms with van der Waals surface area (Å²) in [5, 5.41) is 18.4. The van der Waals surface area contributed by atoms with Gasteiger partial charge in [-0.15, -0.1) is 0 Å². The monoisotopic (exact) mass is 300 g/mol. The maximum atomic E-state index is 9.69. The van der Waals surface area contributed by atoms with Crippen LogP contribution in [-0.2, 0) is 0 Å². The zero-order valence-electron chi connectivity index (χ0n) is 9.34. The fourth-order valence-corrected chi connectivity index (χ4v) is 1.74. The number of nitriles is 1. The maximum absolute atomic E-state index is 9.69. The average molecular weight is 301 g/mol. The Balaban J connectivity index is 2.22. The maximum Gasteiger partial charge on any atom is 0.125 e. The molecule has 0 aliphatic heterocycles. The van der Waals surface area contributed by atoms with Crippen LogP contribution in [0.1, 0.15) is 11.1 Å². The van der Waals surface area contributed by atoms with Crippen LogP contribution in [0.4, 0.5) is 5.69 Å². The SMILES string of the molecule is N#Cc1ccc(/N=C/c2ccc(Br)cc2O)cc1. The second-order valence-corrected chi connectivity index (χ2v) is 4.54. The molecule has 4 heteroatoms. The molecule has 18 heavy (non-hydrogen) atoms. The van der Waals surface area contributed by atoms with Gasteiger partial charge in [-0.05, 0) is 42.5 Å². The molecule has 0 radical (unpaired) electrons. The van der Waals surface area contributed by atoms with E-state index in [1.165, 1.54) is 0 Å². The highest BCUT2D eigenvalue weighted by molar-refractivity contribution is 9.10. The highest BCUT2D eigenvalue weighted by atomic mass is 79.9. The molecular weight excluding hydrogens is 292 g/mol. The normalized spacial score (nSPS) is 10.4. The molecule has 2 aromatic carbocycles. The van der Waals surface area contributed by atoms with Gasteiger partial charge in [0.15, 0.2) is 0 Å². The molecule has 0 fully saturated rings. The number of aliphatic imine (C=N–C) groups is 1. The molecule has 1 N–H and O–H groups in total. The van der Waals surface area contributed by atoms with Crippen molar-refractivity contribution < 1.29 is 5.11 Å². The van der Waals surface area contributed by atoms with Crippen LogP contribution in [0.2, 0.25) is 0 Å². The van der Waals surface area contributed by atoms with Crippen molar-refractivity contribution in [1.29, 1.82) is 5.26 Å². The second kappa shape index (κ2) is 5.48. The first-order valence-electron chi connectivity index (χ1n) is 5.22. The molecule has 0 amide bonds. The van der Waals surface area contributed by atoms with Gasteiger partial charge in [0, 0.05) is 16.3 Å². The van der Waals surface area contributed by atoms with Gasteiger partial charge in [0.1, 0.15) is 5.75 Å². The summed E-state index contributed by atoms with van der Waals surface area (Å²) < 4.78 is 0.815. The van der Waals surface area contributed by atoms with Crippen LogP contribution in [0.25, 0.3) is 0 Å². The van der Waals surface area contributed by atoms with Crippen LogP contribution in [0.15, 0.2) is 51.9 Å². The minimum absolute atomic E-state index is 0.168. The van der Waals surface area contributed by atoms with E-state index in [1.54, 1.807) is 42.6 Å². The number of rotatable bonds is 2. The Bertz CT molecular complexity index is 627. The van der Waals surface area contributed by atoms with Gasteiger partial charge in [0.05, 0.1) is 17.3 Å². The third kappa shape index (κ3) is 2.96. The molecule has 0 aliphatic rings. The van der Waals surface area contributed by atoms with Crippen molar-refractivity contribution in [2.75, 3.05) is 0 Å². The molecule has 0 atom stereocenters. The molecule has 2 aromatic rings. The number of aromatic hydroxyl groups is 1. The molecular formula is C14H9BrN2O. The van der Waals surface area contributed by atoms with E-state index in [9.17, 15) is 5.11 Å². The molecule has 0 spiro atoms. The zero-order chi connectivity index (χ0) is 13.0. The Morgan fingerprint density at radius 3 is 2.50 bits per heavy atom. The van der Waals surface area contributed by atoms with Gasteiger partial charge in [-0.2, -0.15) is 5.26 Å². The van der Waals surface area contributed by atoms with Crippen LogP contribution in [0.5, 0.6) is 5.75 Å². The van der Waals surface area contributed by atoms with Gasteiger partial charge >= 0.3 is 0 Å². The molecule has 0 bridgehead atoms. The number of phenols is 1. The van der Waals surface area contributed by atoms with Crippen molar-refractivity contribution in [1.82, 2.24) is 0 Å². The number of nitrogens with zero attached hydrogens (tertiary/aromatic N) is 2.